The molecule has 0 saturated carbocycles. The van der Waals surface area contributed by atoms with Crippen molar-refractivity contribution in [3.63, 3.8) is 0 Å². The van der Waals surface area contributed by atoms with Crippen LogP contribution >= 0.6 is 24.0 Å². The molecule has 4 nitrogen and oxygen atoms in total. The minimum absolute atomic E-state index is 0. The molecule has 0 unspecified atom stereocenters. The first-order valence-corrected chi connectivity index (χ1v) is 3.60. The fraction of sp³-hybridized carbons (Fsp3) is 0.250. The smallest absolute Gasteiger partial charge is 0.239 e. The Morgan fingerprint density at radius 3 is 2.85 bits per heavy atom. The van der Waals surface area contributed by atoms with E-state index in [4.69, 9.17) is 5.73 Å². The first-order chi connectivity index (χ1) is 5.70. The van der Waals surface area contributed by atoms with Gasteiger partial charge in [0, 0.05) is 13.2 Å². The lowest BCUT2D eigenvalue weighted by Gasteiger charge is -1.96. The lowest BCUT2D eigenvalue weighted by atomic mass is 10.5. The van der Waals surface area contributed by atoms with Crippen molar-refractivity contribution in [2.75, 3.05) is 6.54 Å². The van der Waals surface area contributed by atoms with Crippen LogP contribution in [0.5, 0.6) is 0 Å². The zero-order valence-corrected chi connectivity index (χ0v) is 9.64. The van der Waals surface area contributed by atoms with Gasteiger partial charge in [0.2, 0.25) is 5.91 Å². The molecule has 0 aromatic carbocycles. The third-order valence-corrected chi connectivity index (χ3v) is 1.42. The molecule has 0 fully saturated rings. The van der Waals surface area contributed by atoms with Crippen molar-refractivity contribution in [3.8, 4) is 0 Å². The van der Waals surface area contributed by atoms with Gasteiger partial charge in [0.15, 0.2) is 0 Å². The van der Waals surface area contributed by atoms with E-state index in [0.717, 1.165) is 5.49 Å². The largest absolute Gasteiger partial charge is 0.368 e. The highest BCUT2D eigenvalue weighted by molar-refractivity contribution is 14.0. The van der Waals surface area contributed by atoms with E-state index in [0.29, 0.717) is 0 Å². The second-order valence-electron chi connectivity index (χ2n) is 2.45. The molecule has 0 aliphatic carbocycles. The van der Waals surface area contributed by atoms with Crippen molar-refractivity contribution in [2.45, 2.75) is 0 Å². The molecular weight excluding hydrogens is 281 g/mol. The van der Waals surface area contributed by atoms with Gasteiger partial charge < -0.3 is 10.3 Å². The number of carbonyl (C=O) groups is 1. The predicted molar refractivity (Wildman–Crippen MR) is 60.5 cm³/mol. The van der Waals surface area contributed by atoms with E-state index in [1.165, 1.54) is 0 Å². The van der Waals surface area contributed by atoms with Crippen LogP contribution in [0.3, 0.4) is 0 Å². The Bertz CT molecular complexity index is 345. The molecule has 5 heteroatoms. The van der Waals surface area contributed by atoms with Gasteiger partial charge in [-0.2, -0.15) is 0 Å². The maximum absolute atomic E-state index is 10.4. The molecule has 0 saturated heterocycles. The molecule has 13 heavy (non-hydrogen) atoms. The van der Waals surface area contributed by atoms with Crippen molar-refractivity contribution in [1.29, 1.82) is 0 Å². The molecule has 1 heterocycles. The Morgan fingerprint density at radius 2 is 2.31 bits per heavy atom. The monoisotopic (exact) mass is 293 g/mol. The number of aromatic nitrogens is 1. The number of hydrogen-bond acceptors (Lipinski definition) is 2. The predicted octanol–water partition coefficient (Wildman–Crippen LogP) is 0.0291. The summed E-state index contributed by atoms with van der Waals surface area (Å²) in [6.45, 7) is 0.0395. The van der Waals surface area contributed by atoms with Gasteiger partial charge in [-0.3, -0.25) is 9.79 Å². The second-order valence-corrected chi connectivity index (χ2v) is 2.45. The number of nitrogens with two attached hydrogens (primary N) is 1. The van der Waals surface area contributed by atoms with Gasteiger partial charge in [0.05, 0.1) is 0 Å². The van der Waals surface area contributed by atoms with Crippen LogP contribution in [-0.2, 0) is 11.8 Å². The molecule has 1 aromatic heterocycles. The number of aryl methyl sites for hydroxylation is 1. The average molecular weight is 293 g/mol. The molecule has 1 aromatic rings. The Hall–Kier alpha value is -0.850. The summed E-state index contributed by atoms with van der Waals surface area (Å²) in [7, 11) is 1.86. The molecule has 0 radical (unpaired) electrons. The van der Waals surface area contributed by atoms with Crippen LogP contribution in [0.2, 0.25) is 0 Å². The van der Waals surface area contributed by atoms with Gasteiger partial charge in [-0.1, -0.05) is 6.07 Å². The quantitative estimate of drug-likeness (QED) is 0.768. The van der Waals surface area contributed by atoms with Crippen LogP contribution in [0.15, 0.2) is 29.4 Å². The third-order valence-electron chi connectivity index (χ3n) is 1.42. The van der Waals surface area contributed by atoms with Gasteiger partial charge >= 0.3 is 0 Å². The maximum Gasteiger partial charge on any atom is 0.239 e. The van der Waals surface area contributed by atoms with Crippen molar-refractivity contribution in [2.24, 2.45) is 17.8 Å². The third kappa shape index (κ3) is 4.07. The summed E-state index contributed by atoms with van der Waals surface area (Å²) in [4.78, 5) is 14.4. The second kappa shape index (κ2) is 5.74. The number of rotatable bonds is 2. The number of halogens is 1. The number of primary amides is 1. The number of nitrogens with zero attached hydrogens (tertiary/aromatic N) is 2. The Kier molecular flexibility index (Phi) is 5.36. The van der Waals surface area contributed by atoms with Crippen molar-refractivity contribution < 1.29 is 4.79 Å². The highest BCUT2D eigenvalue weighted by atomic mass is 127. The van der Waals surface area contributed by atoms with E-state index < -0.39 is 5.91 Å². The summed E-state index contributed by atoms with van der Waals surface area (Å²) in [5, 5.41) is 0. The molecule has 0 atom stereocenters. The Balaban J connectivity index is 0.00000144. The summed E-state index contributed by atoms with van der Waals surface area (Å²) >= 11 is 0. The fourth-order valence-electron chi connectivity index (χ4n) is 0.838. The number of hydrogen-bond donors (Lipinski definition) is 1. The van der Waals surface area contributed by atoms with Crippen LogP contribution < -0.4 is 11.2 Å². The topological polar surface area (TPSA) is 60.4 Å². The normalized spacial score (nSPS) is 10.7. The van der Waals surface area contributed by atoms with E-state index in [1.807, 2.05) is 36.0 Å². The summed E-state index contributed by atoms with van der Waals surface area (Å²) in [6.07, 6.45) is 1.86. The summed E-state index contributed by atoms with van der Waals surface area (Å²) in [5.41, 5.74) is 5.69. The zero-order chi connectivity index (χ0) is 8.97. The molecular formula is C8H12IN3O. The molecule has 0 aliphatic heterocycles. The van der Waals surface area contributed by atoms with Gasteiger partial charge in [0.1, 0.15) is 12.0 Å². The highest BCUT2D eigenvalue weighted by Gasteiger charge is 1.89. The Labute approximate surface area is 93.5 Å². The zero-order valence-electron chi connectivity index (χ0n) is 7.30. The molecule has 1 amide bonds. The lowest BCUT2D eigenvalue weighted by Crippen LogP contribution is -2.21. The standard InChI is InChI=1S/C8H11N3O.HI/c1-11-5-3-2-4-8(11)10-6-7(9)12;/h2-5H,6H2,1H3,(H2,9,12);1H. The SMILES string of the molecule is Cn1ccccc1=NCC(N)=O.I. The van der Waals surface area contributed by atoms with Crippen molar-refractivity contribution >= 4 is 29.9 Å². The average Bonchev–Trinajstić information content (AvgIpc) is 2.03. The molecule has 0 spiro atoms. The minimum atomic E-state index is -0.418. The van der Waals surface area contributed by atoms with Crippen LogP contribution in [0.25, 0.3) is 0 Å². The maximum atomic E-state index is 10.4. The molecule has 72 valence electrons. The minimum Gasteiger partial charge on any atom is -0.368 e. The van der Waals surface area contributed by atoms with Crippen LogP contribution in [-0.4, -0.2) is 17.0 Å². The van der Waals surface area contributed by atoms with E-state index in [-0.39, 0.29) is 30.5 Å². The van der Waals surface area contributed by atoms with Gasteiger partial charge in [0.25, 0.3) is 0 Å². The van der Waals surface area contributed by atoms with E-state index in [2.05, 4.69) is 4.99 Å². The highest BCUT2D eigenvalue weighted by Crippen LogP contribution is 1.76. The van der Waals surface area contributed by atoms with Crippen LogP contribution in [0.1, 0.15) is 0 Å². The van der Waals surface area contributed by atoms with E-state index >= 15 is 0 Å². The van der Waals surface area contributed by atoms with Gasteiger partial charge in [-0.05, 0) is 12.1 Å². The van der Waals surface area contributed by atoms with E-state index in [1.54, 1.807) is 0 Å². The van der Waals surface area contributed by atoms with Crippen molar-refractivity contribution in [3.05, 3.63) is 29.9 Å². The molecule has 1 rings (SSSR count). The van der Waals surface area contributed by atoms with Gasteiger partial charge in [-0.15, -0.1) is 24.0 Å². The fourth-order valence-corrected chi connectivity index (χ4v) is 0.838. The first-order valence-electron chi connectivity index (χ1n) is 3.60. The number of carbonyl (C=O) groups excluding carboxylic acids is 1. The Morgan fingerprint density at radius 1 is 1.62 bits per heavy atom. The summed E-state index contributed by atoms with van der Waals surface area (Å²) < 4.78 is 1.82. The molecule has 0 aliphatic rings. The first kappa shape index (κ1) is 12.2. The van der Waals surface area contributed by atoms with E-state index in [9.17, 15) is 4.79 Å². The van der Waals surface area contributed by atoms with Crippen LogP contribution in [0.4, 0.5) is 0 Å². The van der Waals surface area contributed by atoms with Crippen molar-refractivity contribution in [1.82, 2.24) is 4.57 Å². The summed E-state index contributed by atoms with van der Waals surface area (Å²) in [5.74, 6) is -0.418. The van der Waals surface area contributed by atoms with Gasteiger partial charge in [-0.25, -0.2) is 0 Å². The summed E-state index contributed by atoms with van der Waals surface area (Å²) in [6, 6.07) is 5.58. The lowest BCUT2D eigenvalue weighted by molar-refractivity contribution is -0.116. The number of amides is 1. The molecule has 2 N–H and O–H groups in total. The van der Waals surface area contributed by atoms with Crippen LogP contribution in [0, 0.1) is 0 Å². The number of pyridine rings is 1. The molecule has 0 bridgehead atoms.